The van der Waals surface area contributed by atoms with E-state index in [1.165, 1.54) is 4.68 Å². The number of benzene rings is 1. The van der Waals surface area contributed by atoms with Crippen molar-refractivity contribution in [3.05, 3.63) is 59.0 Å². The highest BCUT2D eigenvalue weighted by Crippen LogP contribution is 2.13. The first-order chi connectivity index (χ1) is 10.2. The van der Waals surface area contributed by atoms with E-state index in [2.05, 4.69) is 10.1 Å². The Labute approximate surface area is 119 Å². The van der Waals surface area contributed by atoms with Gasteiger partial charge in [-0.25, -0.2) is 14.5 Å². The Morgan fingerprint density at radius 1 is 1.19 bits per heavy atom. The molecule has 0 saturated heterocycles. The third-order valence-electron chi connectivity index (χ3n) is 3.20. The van der Waals surface area contributed by atoms with Crippen LogP contribution >= 0.6 is 0 Å². The predicted octanol–water partition coefficient (Wildman–Crippen LogP) is 0.991. The molecule has 7 heteroatoms. The van der Waals surface area contributed by atoms with Crippen molar-refractivity contribution in [3.8, 4) is 0 Å². The van der Waals surface area contributed by atoms with Crippen LogP contribution in [0.5, 0.6) is 0 Å². The van der Waals surface area contributed by atoms with Gasteiger partial charge < -0.3 is 9.67 Å². The summed E-state index contributed by atoms with van der Waals surface area (Å²) >= 11 is 0. The zero-order valence-corrected chi connectivity index (χ0v) is 11.0. The molecule has 7 nitrogen and oxygen atoms in total. The molecule has 0 atom stereocenters. The molecule has 106 valence electrons. The van der Waals surface area contributed by atoms with Crippen molar-refractivity contribution < 1.29 is 9.90 Å². The van der Waals surface area contributed by atoms with Crippen molar-refractivity contribution >= 4 is 16.7 Å². The second kappa shape index (κ2) is 5.20. The maximum absolute atomic E-state index is 12.3. The highest BCUT2D eigenvalue weighted by atomic mass is 16.4. The van der Waals surface area contributed by atoms with E-state index in [-0.39, 0.29) is 17.8 Å². The number of nitrogens with zero attached hydrogens (tertiary/aromatic N) is 4. The molecular weight excluding hydrogens is 272 g/mol. The van der Waals surface area contributed by atoms with Crippen molar-refractivity contribution in [1.82, 2.24) is 19.3 Å². The molecule has 2 aromatic heterocycles. The maximum Gasteiger partial charge on any atom is 0.357 e. The summed E-state index contributed by atoms with van der Waals surface area (Å²) in [4.78, 5) is 27.6. The Morgan fingerprint density at radius 3 is 2.62 bits per heavy atom. The van der Waals surface area contributed by atoms with E-state index in [4.69, 9.17) is 0 Å². The van der Waals surface area contributed by atoms with Gasteiger partial charge in [-0.15, -0.1) is 0 Å². The zero-order valence-electron chi connectivity index (χ0n) is 11.0. The fourth-order valence-corrected chi connectivity index (χ4v) is 2.17. The summed E-state index contributed by atoms with van der Waals surface area (Å²) in [7, 11) is 0. The standard InChI is InChI=1S/C14H12N4O3/c19-13-11-4-2-1-3-10(11)12(14(20)21)16-18(13)8-7-17-6-5-15-9-17/h1-6,9H,7-8H2,(H,20,21). The van der Waals surface area contributed by atoms with E-state index in [0.717, 1.165) is 0 Å². The third-order valence-corrected chi connectivity index (χ3v) is 3.20. The number of carboxylic acids is 1. The molecule has 0 bridgehead atoms. The lowest BCUT2D eigenvalue weighted by Crippen LogP contribution is -2.27. The van der Waals surface area contributed by atoms with Crippen molar-refractivity contribution in [2.75, 3.05) is 0 Å². The first-order valence-electron chi connectivity index (χ1n) is 6.36. The lowest BCUT2D eigenvalue weighted by molar-refractivity contribution is 0.0690. The smallest absolute Gasteiger partial charge is 0.357 e. The lowest BCUT2D eigenvalue weighted by atomic mass is 10.1. The SMILES string of the molecule is O=C(O)c1nn(CCn2ccnc2)c(=O)c2ccccc12. The van der Waals surface area contributed by atoms with Crippen LogP contribution in [0.15, 0.2) is 47.8 Å². The van der Waals surface area contributed by atoms with E-state index >= 15 is 0 Å². The molecule has 0 spiro atoms. The van der Waals surface area contributed by atoms with Crippen LogP contribution in [0.2, 0.25) is 0 Å². The van der Waals surface area contributed by atoms with Gasteiger partial charge in [-0.2, -0.15) is 5.10 Å². The quantitative estimate of drug-likeness (QED) is 0.771. The number of hydrogen-bond donors (Lipinski definition) is 1. The number of carboxylic acid groups (broad SMARTS) is 1. The molecular formula is C14H12N4O3. The summed E-state index contributed by atoms with van der Waals surface area (Å²) < 4.78 is 2.98. The van der Waals surface area contributed by atoms with Gasteiger partial charge in [-0.1, -0.05) is 18.2 Å². The highest BCUT2D eigenvalue weighted by Gasteiger charge is 2.15. The van der Waals surface area contributed by atoms with Crippen LogP contribution in [0.25, 0.3) is 10.8 Å². The van der Waals surface area contributed by atoms with E-state index < -0.39 is 5.97 Å². The second-order valence-electron chi connectivity index (χ2n) is 4.53. The number of rotatable bonds is 4. The number of imidazole rings is 1. The van der Waals surface area contributed by atoms with Crippen molar-refractivity contribution in [3.63, 3.8) is 0 Å². The van der Waals surface area contributed by atoms with E-state index in [1.807, 2.05) is 0 Å². The Balaban J connectivity index is 2.08. The number of carbonyl (C=O) groups is 1. The number of fused-ring (bicyclic) bond motifs is 1. The molecule has 1 N–H and O–H groups in total. The molecule has 0 aliphatic rings. The minimum atomic E-state index is -1.15. The molecule has 3 rings (SSSR count). The van der Waals surface area contributed by atoms with Gasteiger partial charge in [0.25, 0.3) is 5.56 Å². The van der Waals surface area contributed by atoms with Crippen molar-refractivity contribution in [2.24, 2.45) is 0 Å². The summed E-state index contributed by atoms with van der Waals surface area (Å²) in [6.07, 6.45) is 5.04. The number of aromatic carboxylic acids is 1. The zero-order chi connectivity index (χ0) is 14.8. The van der Waals surface area contributed by atoms with Crippen molar-refractivity contribution in [1.29, 1.82) is 0 Å². The van der Waals surface area contributed by atoms with Crippen LogP contribution in [-0.2, 0) is 13.1 Å². The highest BCUT2D eigenvalue weighted by molar-refractivity contribution is 6.01. The predicted molar refractivity (Wildman–Crippen MR) is 75.2 cm³/mol. The topological polar surface area (TPSA) is 90.0 Å². The van der Waals surface area contributed by atoms with Gasteiger partial charge in [-0.05, 0) is 6.07 Å². The van der Waals surface area contributed by atoms with Gasteiger partial charge in [0.15, 0.2) is 5.69 Å². The first-order valence-corrected chi connectivity index (χ1v) is 6.36. The Hall–Kier alpha value is -2.96. The molecule has 0 aliphatic carbocycles. The second-order valence-corrected chi connectivity index (χ2v) is 4.53. The van der Waals surface area contributed by atoms with E-state index in [1.54, 1.807) is 47.6 Å². The molecule has 0 amide bonds. The van der Waals surface area contributed by atoms with Crippen LogP contribution in [0.1, 0.15) is 10.5 Å². The van der Waals surface area contributed by atoms with Crippen LogP contribution in [0.4, 0.5) is 0 Å². The Morgan fingerprint density at radius 2 is 1.95 bits per heavy atom. The average Bonchev–Trinajstić information content (AvgIpc) is 3.00. The molecule has 2 heterocycles. The Kier molecular flexibility index (Phi) is 3.23. The van der Waals surface area contributed by atoms with Crippen LogP contribution in [0, 0.1) is 0 Å². The fraction of sp³-hybridized carbons (Fsp3) is 0.143. The minimum absolute atomic E-state index is 0.115. The molecule has 3 aromatic rings. The van der Waals surface area contributed by atoms with Crippen molar-refractivity contribution in [2.45, 2.75) is 13.1 Å². The number of hydrogen-bond acceptors (Lipinski definition) is 4. The summed E-state index contributed by atoms with van der Waals surface area (Å²) in [5, 5.41) is 13.9. The molecule has 0 fully saturated rings. The molecule has 0 radical (unpaired) electrons. The molecule has 0 aliphatic heterocycles. The summed E-state index contributed by atoms with van der Waals surface area (Å²) in [6, 6.07) is 6.59. The third kappa shape index (κ3) is 2.40. The first kappa shape index (κ1) is 13.0. The normalized spacial score (nSPS) is 10.9. The van der Waals surface area contributed by atoms with Crippen LogP contribution in [-0.4, -0.2) is 30.4 Å². The van der Waals surface area contributed by atoms with E-state index in [0.29, 0.717) is 17.3 Å². The number of aryl methyl sites for hydroxylation is 2. The molecule has 21 heavy (non-hydrogen) atoms. The summed E-state index contributed by atoms with van der Waals surface area (Å²) in [6.45, 7) is 0.768. The van der Waals surface area contributed by atoms with Gasteiger partial charge in [0.2, 0.25) is 0 Å². The number of aromatic nitrogens is 4. The molecule has 0 saturated carbocycles. The monoisotopic (exact) mass is 284 g/mol. The van der Waals surface area contributed by atoms with Crippen LogP contribution in [0.3, 0.4) is 0 Å². The molecule has 1 aromatic carbocycles. The molecule has 0 unspecified atom stereocenters. The largest absolute Gasteiger partial charge is 0.476 e. The van der Waals surface area contributed by atoms with Gasteiger partial charge in [0, 0.05) is 24.3 Å². The van der Waals surface area contributed by atoms with Crippen LogP contribution < -0.4 is 5.56 Å². The summed E-state index contributed by atoms with van der Waals surface area (Å²) in [5.74, 6) is -1.15. The maximum atomic E-state index is 12.3. The van der Waals surface area contributed by atoms with E-state index in [9.17, 15) is 14.7 Å². The summed E-state index contributed by atoms with van der Waals surface area (Å²) in [5.41, 5.74) is -0.411. The lowest BCUT2D eigenvalue weighted by Gasteiger charge is -2.09. The van der Waals surface area contributed by atoms with Gasteiger partial charge in [-0.3, -0.25) is 4.79 Å². The van der Waals surface area contributed by atoms with Gasteiger partial charge in [0.05, 0.1) is 18.3 Å². The Bertz CT molecular complexity index is 852. The average molecular weight is 284 g/mol. The van der Waals surface area contributed by atoms with Gasteiger partial charge in [0.1, 0.15) is 0 Å². The fourth-order valence-electron chi connectivity index (χ4n) is 2.17. The van der Waals surface area contributed by atoms with Gasteiger partial charge >= 0.3 is 5.97 Å². The minimum Gasteiger partial charge on any atom is -0.476 e.